The van der Waals surface area contributed by atoms with E-state index in [0.717, 1.165) is 5.56 Å². The number of allylic oxidation sites excluding steroid dienone is 4. The second-order valence-corrected chi connectivity index (χ2v) is 8.56. The maximum Gasteiger partial charge on any atom is 0.419 e. The van der Waals surface area contributed by atoms with Crippen LogP contribution in [0, 0.1) is 17.8 Å². The molecule has 1 aromatic rings. The second kappa shape index (κ2) is 11.4. The molecule has 0 aromatic heterocycles. The number of hydrogen-bond acceptors (Lipinski definition) is 3. The van der Waals surface area contributed by atoms with Gasteiger partial charge in [-0.25, -0.2) is 0 Å². The number of Topliss-reactive ketones (excluding diaryl/α,β-unsaturated/α-hetero) is 3. The molecule has 2 atom stereocenters. The fraction of sp³-hybridized carbons (Fsp3) is 0.400. The summed E-state index contributed by atoms with van der Waals surface area (Å²) in [5.74, 6) is -3.43. The Balaban J connectivity index is 2.91. The van der Waals surface area contributed by atoms with E-state index in [1.165, 1.54) is 13.0 Å². The van der Waals surface area contributed by atoms with Crippen molar-refractivity contribution in [1.29, 1.82) is 0 Å². The van der Waals surface area contributed by atoms with Gasteiger partial charge in [-0.3, -0.25) is 14.4 Å². The Morgan fingerprint density at radius 3 is 2.06 bits per heavy atom. The lowest BCUT2D eigenvalue weighted by Gasteiger charge is -2.16. The first-order valence-corrected chi connectivity index (χ1v) is 10.6. The van der Waals surface area contributed by atoms with Crippen molar-refractivity contribution >= 4 is 34.5 Å². The molecule has 0 spiro atoms. The number of rotatable bonds is 11. The van der Waals surface area contributed by atoms with Gasteiger partial charge in [0.05, 0.1) is 10.6 Å². The van der Waals surface area contributed by atoms with Gasteiger partial charge in [-0.05, 0) is 24.0 Å². The van der Waals surface area contributed by atoms with Crippen LogP contribution in [-0.2, 0) is 20.8 Å². The molecule has 0 aliphatic heterocycles. The minimum Gasteiger partial charge on any atom is -0.294 e. The van der Waals surface area contributed by atoms with Crippen LogP contribution in [0.25, 0.3) is 5.57 Å². The van der Waals surface area contributed by atoms with Gasteiger partial charge in [-0.1, -0.05) is 82.8 Å². The third kappa shape index (κ3) is 7.30. The molecule has 0 saturated carbocycles. The van der Waals surface area contributed by atoms with Crippen molar-refractivity contribution in [2.24, 2.45) is 17.8 Å². The Morgan fingerprint density at radius 2 is 1.53 bits per heavy atom. The van der Waals surface area contributed by atoms with Crippen molar-refractivity contribution < 1.29 is 27.6 Å². The fourth-order valence-electron chi connectivity index (χ4n) is 3.06. The van der Waals surface area contributed by atoms with Crippen LogP contribution in [0.1, 0.15) is 45.2 Å². The molecule has 3 nitrogen and oxygen atoms in total. The maximum absolute atomic E-state index is 12.7. The van der Waals surface area contributed by atoms with Gasteiger partial charge < -0.3 is 0 Å². The lowest BCUT2D eigenvalue weighted by molar-refractivity contribution is -0.131. The molecule has 0 bridgehead atoms. The molecule has 0 aliphatic carbocycles. The van der Waals surface area contributed by atoms with E-state index < -0.39 is 35.2 Å². The van der Waals surface area contributed by atoms with Crippen LogP contribution >= 0.6 is 11.6 Å². The summed E-state index contributed by atoms with van der Waals surface area (Å²) in [6.45, 7) is 13.3. The molecule has 0 radical (unpaired) electrons. The zero-order valence-electron chi connectivity index (χ0n) is 18.7. The normalized spacial score (nSPS) is 14.1. The first kappa shape index (κ1) is 27.6. The molecule has 1 rings (SSSR count). The molecule has 0 N–H and O–H groups in total. The standard InChI is InChI=1S/C25H28ClF3O3/c1-14(2)22(30)17(5)20-10-8-7-9-19(20)13-16(4)24(32)21(26)12-11-15(3)23(31)18(6)25(27,28)29/h7-10,12,14-16H,5-6,11,13H2,1-4H3. The first-order valence-electron chi connectivity index (χ1n) is 10.2. The van der Waals surface area contributed by atoms with Gasteiger partial charge >= 0.3 is 6.18 Å². The highest BCUT2D eigenvalue weighted by Crippen LogP contribution is 2.29. The molecule has 0 fully saturated rings. The van der Waals surface area contributed by atoms with E-state index in [4.69, 9.17) is 11.6 Å². The number of ketones is 3. The van der Waals surface area contributed by atoms with Crippen molar-refractivity contribution in [2.45, 2.75) is 46.7 Å². The Bertz CT molecular complexity index is 942. The van der Waals surface area contributed by atoms with Gasteiger partial charge in [0.2, 0.25) is 0 Å². The van der Waals surface area contributed by atoms with Crippen LogP contribution in [0.4, 0.5) is 13.2 Å². The van der Waals surface area contributed by atoms with Crippen LogP contribution in [0.3, 0.4) is 0 Å². The average molecular weight is 469 g/mol. The Kier molecular flexibility index (Phi) is 9.83. The van der Waals surface area contributed by atoms with Gasteiger partial charge in [0.25, 0.3) is 0 Å². The smallest absolute Gasteiger partial charge is 0.294 e. The lowest BCUT2D eigenvalue weighted by Crippen LogP contribution is -2.24. The molecule has 0 aliphatic rings. The summed E-state index contributed by atoms with van der Waals surface area (Å²) in [6.07, 6.45) is -3.36. The molecule has 0 heterocycles. The molecule has 32 heavy (non-hydrogen) atoms. The summed E-state index contributed by atoms with van der Waals surface area (Å²) in [4.78, 5) is 36.8. The third-order valence-electron chi connectivity index (χ3n) is 5.11. The number of halogens is 4. The highest BCUT2D eigenvalue weighted by atomic mass is 35.5. The molecule has 174 valence electrons. The van der Waals surface area contributed by atoms with Crippen molar-refractivity contribution in [1.82, 2.24) is 0 Å². The quantitative estimate of drug-likeness (QED) is 0.348. The van der Waals surface area contributed by atoms with Crippen molar-refractivity contribution in [2.75, 3.05) is 0 Å². The van der Waals surface area contributed by atoms with E-state index in [-0.39, 0.29) is 23.2 Å². The van der Waals surface area contributed by atoms with Crippen LogP contribution in [0.15, 0.2) is 54.1 Å². The van der Waals surface area contributed by atoms with Crippen LogP contribution < -0.4 is 0 Å². The minimum absolute atomic E-state index is 0.0894. The summed E-state index contributed by atoms with van der Waals surface area (Å²) in [5.41, 5.74) is 0.369. The molecule has 2 unspecified atom stereocenters. The third-order valence-corrected chi connectivity index (χ3v) is 5.45. The highest BCUT2D eigenvalue weighted by Gasteiger charge is 2.38. The molecule has 7 heteroatoms. The summed E-state index contributed by atoms with van der Waals surface area (Å²) >= 11 is 6.09. The zero-order valence-corrected chi connectivity index (χ0v) is 19.4. The van der Waals surface area contributed by atoms with Crippen LogP contribution in [0.5, 0.6) is 0 Å². The summed E-state index contributed by atoms with van der Waals surface area (Å²) in [7, 11) is 0. The van der Waals surface area contributed by atoms with E-state index in [1.807, 2.05) is 0 Å². The van der Waals surface area contributed by atoms with Gasteiger partial charge in [-0.2, -0.15) is 13.2 Å². The van der Waals surface area contributed by atoms with E-state index in [1.54, 1.807) is 45.0 Å². The molecule has 0 amide bonds. The number of alkyl halides is 3. The monoisotopic (exact) mass is 468 g/mol. The number of hydrogen-bond donors (Lipinski definition) is 0. The largest absolute Gasteiger partial charge is 0.419 e. The summed E-state index contributed by atoms with van der Waals surface area (Å²) in [6, 6.07) is 7.15. The zero-order chi connectivity index (χ0) is 24.8. The summed E-state index contributed by atoms with van der Waals surface area (Å²) in [5, 5.41) is -0.149. The number of carbonyl (C=O) groups excluding carboxylic acids is 3. The van der Waals surface area contributed by atoms with Gasteiger partial charge in [0.1, 0.15) is 0 Å². The predicted molar refractivity (Wildman–Crippen MR) is 121 cm³/mol. The molecule has 0 saturated heterocycles. The van der Waals surface area contributed by atoms with Crippen LogP contribution in [-0.4, -0.2) is 23.5 Å². The van der Waals surface area contributed by atoms with Crippen molar-refractivity contribution in [3.05, 3.63) is 65.2 Å². The van der Waals surface area contributed by atoms with Gasteiger partial charge in [0, 0.05) is 23.3 Å². The Hall–Kier alpha value is -2.47. The Labute approximate surface area is 192 Å². The van der Waals surface area contributed by atoms with E-state index in [2.05, 4.69) is 13.2 Å². The predicted octanol–water partition coefficient (Wildman–Crippen LogP) is 6.51. The van der Waals surface area contributed by atoms with Gasteiger partial charge in [0.15, 0.2) is 17.3 Å². The maximum atomic E-state index is 12.7. The van der Waals surface area contributed by atoms with E-state index >= 15 is 0 Å². The lowest BCUT2D eigenvalue weighted by atomic mass is 9.88. The topological polar surface area (TPSA) is 51.2 Å². The van der Waals surface area contributed by atoms with E-state index in [0.29, 0.717) is 17.6 Å². The van der Waals surface area contributed by atoms with Crippen molar-refractivity contribution in [3.63, 3.8) is 0 Å². The summed E-state index contributed by atoms with van der Waals surface area (Å²) < 4.78 is 37.9. The first-order chi connectivity index (χ1) is 14.7. The number of carbonyl (C=O) groups is 3. The number of benzene rings is 1. The van der Waals surface area contributed by atoms with Gasteiger partial charge in [-0.15, -0.1) is 0 Å². The molecular formula is C25H28ClF3O3. The Morgan fingerprint density at radius 1 is 0.969 bits per heavy atom. The average Bonchev–Trinajstić information content (AvgIpc) is 2.73. The molecular weight excluding hydrogens is 441 g/mol. The fourth-order valence-corrected chi connectivity index (χ4v) is 3.33. The minimum atomic E-state index is -4.79. The molecule has 1 aromatic carbocycles. The van der Waals surface area contributed by atoms with E-state index in [9.17, 15) is 27.6 Å². The van der Waals surface area contributed by atoms with Crippen LogP contribution in [0.2, 0.25) is 0 Å². The van der Waals surface area contributed by atoms with Crippen molar-refractivity contribution in [3.8, 4) is 0 Å². The second-order valence-electron chi connectivity index (χ2n) is 8.15. The highest BCUT2D eigenvalue weighted by molar-refractivity contribution is 6.42. The SMILES string of the molecule is C=C(C(=O)C(C)C)c1ccccc1CC(C)C(=O)C(Cl)=CCC(C)C(=O)C(=C)C(F)(F)F.